The summed E-state index contributed by atoms with van der Waals surface area (Å²) in [5.41, 5.74) is 8.18. The highest BCUT2D eigenvalue weighted by Crippen LogP contribution is 2.26. The van der Waals surface area contributed by atoms with Crippen LogP contribution in [0.5, 0.6) is 5.75 Å². The lowest BCUT2D eigenvalue weighted by Crippen LogP contribution is -2.24. The molecule has 0 bridgehead atoms. The van der Waals surface area contributed by atoms with Gasteiger partial charge in [0.05, 0.1) is 10.7 Å². The van der Waals surface area contributed by atoms with Gasteiger partial charge in [-0.15, -0.1) is 11.3 Å². The Balaban J connectivity index is 2.01. The number of aryl methyl sites for hydroxylation is 1. The molecule has 7 heteroatoms. The quantitative estimate of drug-likeness (QED) is 0.627. The molecule has 3 N–H and O–H groups in total. The van der Waals surface area contributed by atoms with E-state index >= 15 is 0 Å². The van der Waals surface area contributed by atoms with E-state index in [9.17, 15) is 4.79 Å². The highest BCUT2D eigenvalue weighted by atomic mass is 79.9. The Bertz CT molecular complexity index is 670. The molecule has 1 heterocycles. The van der Waals surface area contributed by atoms with Gasteiger partial charge < -0.3 is 10.5 Å². The van der Waals surface area contributed by atoms with Crippen LogP contribution < -0.4 is 15.9 Å². The molecular weight excluding hydrogens is 354 g/mol. The highest BCUT2D eigenvalue weighted by Gasteiger charge is 2.06. The molecule has 0 spiro atoms. The third-order valence-electron chi connectivity index (χ3n) is 2.63. The number of amides is 2. The number of para-hydroxylation sites is 1. The number of carbonyl (C=O) groups is 1. The van der Waals surface area contributed by atoms with Gasteiger partial charge in [0, 0.05) is 15.3 Å². The third kappa shape index (κ3) is 4.57. The molecule has 0 saturated heterocycles. The molecule has 5 nitrogen and oxygen atoms in total. The predicted octanol–water partition coefficient (Wildman–Crippen LogP) is 3.40. The summed E-state index contributed by atoms with van der Waals surface area (Å²) < 4.78 is 6.71. The summed E-state index contributed by atoms with van der Waals surface area (Å²) >= 11 is 5.02. The van der Waals surface area contributed by atoms with Crippen molar-refractivity contribution >= 4 is 39.5 Å². The van der Waals surface area contributed by atoms with Crippen LogP contribution in [0.2, 0.25) is 0 Å². The van der Waals surface area contributed by atoms with Gasteiger partial charge in [0.2, 0.25) is 0 Å². The number of ether oxygens (including phenoxy) is 1. The molecule has 0 saturated carbocycles. The van der Waals surface area contributed by atoms with Crippen LogP contribution in [0.25, 0.3) is 0 Å². The molecule has 21 heavy (non-hydrogen) atoms. The molecule has 0 aliphatic heterocycles. The van der Waals surface area contributed by atoms with Crippen LogP contribution in [0.1, 0.15) is 15.3 Å². The van der Waals surface area contributed by atoms with E-state index in [0.717, 1.165) is 25.5 Å². The van der Waals surface area contributed by atoms with Crippen molar-refractivity contribution in [3.63, 3.8) is 0 Å². The number of rotatable bonds is 5. The first-order valence-corrected chi connectivity index (χ1v) is 7.72. The molecule has 2 aromatic rings. The fourth-order valence-electron chi connectivity index (χ4n) is 1.63. The van der Waals surface area contributed by atoms with Crippen molar-refractivity contribution in [1.29, 1.82) is 0 Å². The van der Waals surface area contributed by atoms with Crippen LogP contribution in [-0.2, 0) is 6.61 Å². The van der Waals surface area contributed by atoms with Crippen LogP contribution in [0.3, 0.4) is 0 Å². The van der Waals surface area contributed by atoms with Crippen LogP contribution in [0, 0.1) is 6.92 Å². The standard InChI is InChI=1S/C14H14BrN3O2S/c1-9-10(6-11(21-9)7-17-18-14(16)19)8-20-13-5-3-2-4-12(13)15/h2-7H,8H2,1H3,(H3,16,18,19)/b17-7-. The smallest absolute Gasteiger partial charge is 0.332 e. The first kappa shape index (κ1) is 15.5. The number of thiophene rings is 1. The van der Waals surface area contributed by atoms with Gasteiger partial charge in [-0.2, -0.15) is 5.10 Å². The Kier molecular flexibility index (Phi) is 5.35. The van der Waals surface area contributed by atoms with Gasteiger partial charge in [-0.3, -0.25) is 0 Å². The van der Waals surface area contributed by atoms with Crippen molar-refractivity contribution in [1.82, 2.24) is 5.43 Å². The molecule has 0 fully saturated rings. The number of hydrogen-bond donors (Lipinski definition) is 2. The number of nitrogens with zero attached hydrogens (tertiary/aromatic N) is 1. The van der Waals surface area contributed by atoms with Gasteiger partial charge >= 0.3 is 6.03 Å². The molecule has 110 valence electrons. The molecule has 0 radical (unpaired) electrons. The number of carbonyl (C=O) groups excluding carboxylic acids is 1. The molecule has 2 amide bonds. The summed E-state index contributed by atoms with van der Waals surface area (Å²) in [4.78, 5) is 12.6. The Morgan fingerprint density at radius 2 is 2.29 bits per heavy atom. The normalized spacial score (nSPS) is 10.8. The van der Waals surface area contributed by atoms with E-state index in [1.165, 1.54) is 0 Å². The highest BCUT2D eigenvalue weighted by molar-refractivity contribution is 9.10. The maximum Gasteiger partial charge on any atom is 0.332 e. The largest absolute Gasteiger partial charge is 0.488 e. The van der Waals surface area contributed by atoms with Gasteiger partial charge in [-0.1, -0.05) is 12.1 Å². The summed E-state index contributed by atoms with van der Waals surface area (Å²) in [6.07, 6.45) is 1.56. The van der Waals surface area contributed by atoms with Crippen molar-refractivity contribution in [2.24, 2.45) is 10.8 Å². The first-order valence-electron chi connectivity index (χ1n) is 6.11. The molecule has 0 atom stereocenters. The summed E-state index contributed by atoms with van der Waals surface area (Å²) in [5, 5.41) is 3.74. The van der Waals surface area contributed by atoms with Crippen LogP contribution in [-0.4, -0.2) is 12.2 Å². The number of primary amides is 1. The van der Waals surface area contributed by atoms with E-state index in [0.29, 0.717) is 6.61 Å². The Hall–Kier alpha value is -1.86. The number of hydrazone groups is 1. The molecule has 0 aliphatic rings. The van der Waals surface area contributed by atoms with Gasteiger partial charge in [0.15, 0.2) is 0 Å². The van der Waals surface area contributed by atoms with Crippen LogP contribution in [0.4, 0.5) is 4.79 Å². The Morgan fingerprint density at radius 3 is 3.00 bits per heavy atom. The summed E-state index contributed by atoms with van der Waals surface area (Å²) in [5.74, 6) is 0.800. The second-order valence-corrected chi connectivity index (χ2v) is 6.33. The maximum atomic E-state index is 10.5. The van der Waals surface area contributed by atoms with E-state index in [2.05, 4.69) is 26.5 Å². The van der Waals surface area contributed by atoms with E-state index in [-0.39, 0.29) is 0 Å². The first-order chi connectivity index (χ1) is 10.1. The number of halogens is 1. The van der Waals surface area contributed by atoms with Gasteiger partial charge in [0.25, 0.3) is 0 Å². The molecule has 1 aromatic heterocycles. The Morgan fingerprint density at radius 1 is 1.52 bits per heavy atom. The number of urea groups is 1. The molecular formula is C14H14BrN3O2S. The fraction of sp³-hybridized carbons (Fsp3) is 0.143. The molecule has 2 rings (SSSR count). The Labute approximate surface area is 134 Å². The van der Waals surface area contributed by atoms with Crippen molar-refractivity contribution in [3.8, 4) is 5.75 Å². The lowest BCUT2D eigenvalue weighted by atomic mass is 10.2. The lowest BCUT2D eigenvalue weighted by molar-refractivity contribution is 0.249. The second-order valence-electron chi connectivity index (χ2n) is 4.18. The van der Waals surface area contributed by atoms with Crippen molar-refractivity contribution in [3.05, 3.63) is 50.1 Å². The lowest BCUT2D eigenvalue weighted by Gasteiger charge is -2.07. The van der Waals surface area contributed by atoms with Gasteiger partial charge in [-0.05, 0) is 41.1 Å². The average molecular weight is 368 g/mol. The zero-order chi connectivity index (χ0) is 15.2. The second kappa shape index (κ2) is 7.24. The van der Waals surface area contributed by atoms with E-state index in [4.69, 9.17) is 10.5 Å². The number of hydrogen-bond acceptors (Lipinski definition) is 4. The average Bonchev–Trinajstić information content (AvgIpc) is 2.78. The van der Waals surface area contributed by atoms with Crippen LogP contribution >= 0.6 is 27.3 Å². The zero-order valence-electron chi connectivity index (χ0n) is 11.3. The van der Waals surface area contributed by atoms with Gasteiger partial charge in [-0.25, -0.2) is 10.2 Å². The van der Waals surface area contributed by atoms with Crippen LogP contribution in [0.15, 0.2) is 39.9 Å². The monoisotopic (exact) mass is 367 g/mol. The minimum Gasteiger partial charge on any atom is -0.488 e. The summed E-state index contributed by atoms with van der Waals surface area (Å²) in [6, 6.07) is 9.00. The number of nitrogens with one attached hydrogen (secondary N) is 1. The minimum absolute atomic E-state index is 0.474. The minimum atomic E-state index is -0.683. The summed E-state index contributed by atoms with van der Waals surface area (Å²) in [7, 11) is 0. The van der Waals surface area contributed by atoms with E-state index < -0.39 is 6.03 Å². The number of benzene rings is 1. The predicted molar refractivity (Wildman–Crippen MR) is 87.8 cm³/mol. The molecule has 0 unspecified atom stereocenters. The summed E-state index contributed by atoms with van der Waals surface area (Å²) in [6.45, 7) is 2.49. The van der Waals surface area contributed by atoms with E-state index in [1.807, 2.05) is 37.3 Å². The van der Waals surface area contributed by atoms with Crippen molar-refractivity contribution in [2.45, 2.75) is 13.5 Å². The SMILES string of the molecule is Cc1sc(/C=N\NC(N)=O)cc1COc1ccccc1Br. The molecule has 0 aliphatic carbocycles. The zero-order valence-corrected chi connectivity index (χ0v) is 13.7. The fourth-order valence-corrected chi connectivity index (χ4v) is 2.94. The maximum absolute atomic E-state index is 10.5. The molecule has 1 aromatic carbocycles. The van der Waals surface area contributed by atoms with Crippen molar-refractivity contribution in [2.75, 3.05) is 0 Å². The third-order valence-corrected chi connectivity index (χ3v) is 4.31. The topological polar surface area (TPSA) is 76.7 Å². The van der Waals surface area contributed by atoms with E-state index in [1.54, 1.807) is 17.6 Å². The van der Waals surface area contributed by atoms with Gasteiger partial charge in [0.1, 0.15) is 12.4 Å². The number of nitrogens with two attached hydrogens (primary N) is 1. The van der Waals surface area contributed by atoms with Crippen molar-refractivity contribution < 1.29 is 9.53 Å².